The fourth-order valence-electron chi connectivity index (χ4n) is 2.49. The smallest absolute Gasteiger partial charge is 0.275 e. The first-order valence-electron chi connectivity index (χ1n) is 8.21. The minimum absolute atomic E-state index is 0.160. The quantitative estimate of drug-likeness (QED) is 0.411. The maximum atomic E-state index is 12.7. The first-order chi connectivity index (χ1) is 12.9. The first kappa shape index (κ1) is 19.7. The summed E-state index contributed by atoms with van der Waals surface area (Å²) < 4.78 is 0. The van der Waals surface area contributed by atoms with Gasteiger partial charge in [-0.2, -0.15) is 0 Å². The van der Waals surface area contributed by atoms with Gasteiger partial charge in [0, 0.05) is 16.5 Å². The van der Waals surface area contributed by atoms with E-state index in [0.29, 0.717) is 15.9 Å². The number of aryl methyl sites for hydroxylation is 2. The monoisotopic (exact) mass is 417 g/mol. The Hall–Kier alpha value is -2.08. The van der Waals surface area contributed by atoms with Crippen LogP contribution in [-0.4, -0.2) is 15.9 Å². The third-order valence-electron chi connectivity index (χ3n) is 3.94. The van der Waals surface area contributed by atoms with Crippen molar-refractivity contribution in [2.24, 2.45) is 0 Å². The Labute approximate surface area is 172 Å². The lowest BCUT2D eigenvalue weighted by Gasteiger charge is -2.12. The lowest BCUT2D eigenvalue weighted by molar-refractivity contribution is 0.102. The Bertz CT molecular complexity index is 957. The van der Waals surface area contributed by atoms with Gasteiger partial charge in [-0.1, -0.05) is 65.3 Å². The molecule has 4 nitrogen and oxygen atoms in total. The van der Waals surface area contributed by atoms with Crippen molar-refractivity contribution in [2.75, 3.05) is 5.32 Å². The summed E-state index contributed by atoms with van der Waals surface area (Å²) >= 11 is 13.5. The average Bonchev–Trinajstić information content (AvgIpc) is 2.65. The summed E-state index contributed by atoms with van der Waals surface area (Å²) in [5, 5.41) is 4.30. The van der Waals surface area contributed by atoms with E-state index in [1.54, 1.807) is 0 Å². The number of benzene rings is 2. The minimum atomic E-state index is -0.354. The number of nitrogens with one attached hydrogen (secondary N) is 1. The Morgan fingerprint density at radius 2 is 1.74 bits per heavy atom. The summed E-state index contributed by atoms with van der Waals surface area (Å²) in [5.74, 6) is 0.310. The molecule has 0 saturated heterocycles. The average molecular weight is 418 g/mol. The first-order valence-corrected chi connectivity index (χ1v) is 9.95. The van der Waals surface area contributed by atoms with Crippen LogP contribution in [0.3, 0.4) is 0 Å². The summed E-state index contributed by atoms with van der Waals surface area (Å²) in [6.45, 7) is 3.88. The van der Waals surface area contributed by atoms with Gasteiger partial charge in [0.05, 0.1) is 11.2 Å². The van der Waals surface area contributed by atoms with E-state index in [-0.39, 0.29) is 16.6 Å². The molecule has 1 aromatic heterocycles. The molecular formula is C20H17Cl2N3OS. The van der Waals surface area contributed by atoms with Crippen molar-refractivity contribution in [2.45, 2.75) is 24.8 Å². The SMILES string of the molecule is Cc1cccc(C)c1NC(=O)c1nc(SCc2ccc(Cl)cc2)ncc1Cl. The molecule has 1 amide bonds. The Morgan fingerprint density at radius 1 is 1.07 bits per heavy atom. The van der Waals surface area contributed by atoms with Crippen LogP contribution in [0.15, 0.2) is 53.8 Å². The molecule has 27 heavy (non-hydrogen) atoms. The number of amides is 1. The van der Waals surface area contributed by atoms with Crippen LogP contribution >= 0.6 is 35.0 Å². The number of hydrogen-bond donors (Lipinski definition) is 1. The lowest BCUT2D eigenvalue weighted by atomic mass is 10.1. The van der Waals surface area contributed by atoms with Gasteiger partial charge in [0.2, 0.25) is 0 Å². The molecule has 0 unspecified atom stereocenters. The number of hydrogen-bond acceptors (Lipinski definition) is 4. The summed E-state index contributed by atoms with van der Waals surface area (Å²) in [5.41, 5.74) is 3.97. The number of anilines is 1. The zero-order valence-corrected chi connectivity index (χ0v) is 17.1. The van der Waals surface area contributed by atoms with E-state index >= 15 is 0 Å². The Kier molecular flexibility index (Phi) is 6.37. The van der Waals surface area contributed by atoms with Gasteiger partial charge in [-0.3, -0.25) is 4.79 Å². The van der Waals surface area contributed by atoms with Crippen molar-refractivity contribution in [3.05, 3.63) is 81.1 Å². The molecule has 2 aromatic carbocycles. The highest BCUT2D eigenvalue weighted by Gasteiger charge is 2.16. The van der Waals surface area contributed by atoms with E-state index in [9.17, 15) is 4.79 Å². The predicted molar refractivity (Wildman–Crippen MR) is 112 cm³/mol. The van der Waals surface area contributed by atoms with E-state index < -0.39 is 0 Å². The maximum Gasteiger partial charge on any atom is 0.275 e. The molecule has 0 aliphatic carbocycles. The summed E-state index contributed by atoms with van der Waals surface area (Å²) in [4.78, 5) is 21.2. The van der Waals surface area contributed by atoms with Gasteiger partial charge in [0.25, 0.3) is 5.91 Å². The number of para-hydroxylation sites is 1. The van der Waals surface area contributed by atoms with Crippen LogP contribution in [0.25, 0.3) is 0 Å². The van der Waals surface area contributed by atoms with E-state index in [4.69, 9.17) is 23.2 Å². The fraction of sp³-hybridized carbons (Fsp3) is 0.150. The number of thioether (sulfide) groups is 1. The second-order valence-corrected chi connectivity index (χ2v) is 7.77. The Balaban J connectivity index is 1.76. The van der Waals surface area contributed by atoms with Crippen LogP contribution in [0.1, 0.15) is 27.2 Å². The minimum Gasteiger partial charge on any atom is -0.320 e. The van der Waals surface area contributed by atoms with Gasteiger partial charge in [0.15, 0.2) is 10.9 Å². The molecule has 0 atom stereocenters. The van der Waals surface area contributed by atoms with Crippen molar-refractivity contribution >= 4 is 46.6 Å². The highest BCUT2D eigenvalue weighted by molar-refractivity contribution is 7.98. The van der Waals surface area contributed by atoms with E-state index in [1.165, 1.54) is 18.0 Å². The molecule has 1 heterocycles. The van der Waals surface area contributed by atoms with Gasteiger partial charge in [-0.15, -0.1) is 0 Å². The van der Waals surface area contributed by atoms with Gasteiger partial charge >= 0.3 is 0 Å². The zero-order valence-electron chi connectivity index (χ0n) is 14.8. The highest BCUT2D eigenvalue weighted by atomic mass is 35.5. The Morgan fingerprint density at radius 3 is 2.41 bits per heavy atom. The van der Waals surface area contributed by atoms with Crippen molar-refractivity contribution in [3.63, 3.8) is 0 Å². The van der Waals surface area contributed by atoms with E-state index in [2.05, 4.69) is 15.3 Å². The maximum absolute atomic E-state index is 12.7. The number of halogens is 2. The number of carbonyl (C=O) groups excluding carboxylic acids is 1. The summed E-state index contributed by atoms with van der Waals surface area (Å²) in [7, 11) is 0. The molecule has 138 valence electrons. The molecule has 0 spiro atoms. The molecule has 0 aliphatic rings. The van der Waals surface area contributed by atoms with Crippen LogP contribution in [0.4, 0.5) is 5.69 Å². The molecule has 0 bridgehead atoms. The van der Waals surface area contributed by atoms with E-state index in [0.717, 1.165) is 22.4 Å². The lowest BCUT2D eigenvalue weighted by Crippen LogP contribution is -2.16. The number of nitrogens with zero attached hydrogens (tertiary/aromatic N) is 2. The number of rotatable bonds is 5. The molecule has 0 aliphatic heterocycles. The molecule has 7 heteroatoms. The molecular weight excluding hydrogens is 401 g/mol. The molecule has 0 saturated carbocycles. The van der Waals surface area contributed by atoms with Crippen LogP contribution in [0.2, 0.25) is 10.0 Å². The third-order valence-corrected chi connectivity index (χ3v) is 5.40. The predicted octanol–water partition coefficient (Wildman–Crippen LogP) is 5.94. The highest BCUT2D eigenvalue weighted by Crippen LogP contribution is 2.25. The molecule has 1 N–H and O–H groups in total. The largest absolute Gasteiger partial charge is 0.320 e. The fourth-order valence-corrected chi connectivity index (χ4v) is 3.57. The van der Waals surface area contributed by atoms with Crippen LogP contribution < -0.4 is 5.32 Å². The van der Waals surface area contributed by atoms with Gasteiger partial charge in [0.1, 0.15) is 0 Å². The normalized spacial score (nSPS) is 10.7. The van der Waals surface area contributed by atoms with Crippen LogP contribution in [0, 0.1) is 13.8 Å². The van der Waals surface area contributed by atoms with Crippen molar-refractivity contribution in [3.8, 4) is 0 Å². The zero-order chi connectivity index (χ0) is 19.4. The second kappa shape index (κ2) is 8.74. The third kappa shape index (κ3) is 5.01. The van der Waals surface area contributed by atoms with Crippen molar-refractivity contribution in [1.82, 2.24) is 9.97 Å². The van der Waals surface area contributed by atoms with Crippen molar-refractivity contribution in [1.29, 1.82) is 0 Å². The van der Waals surface area contributed by atoms with Crippen LogP contribution in [-0.2, 0) is 5.75 Å². The van der Waals surface area contributed by atoms with Crippen LogP contribution in [0.5, 0.6) is 0 Å². The summed E-state index contributed by atoms with van der Waals surface area (Å²) in [6.07, 6.45) is 1.46. The molecule has 0 fully saturated rings. The van der Waals surface area contributed by atoms with Gasteiger partial charge < -0.3 is 5.32 Å². The van der Waals surface area contributed by atoms with Crippen molar-refractivity contribution < 1.29 is 4.79 Å². The standard InChI is InChI=1S/C20H17Cl2N3OS/c1-12-4-3-5-13(2)17(12)24-19(26)18-16(22)10-23-20(25-18)27-11-14-6-8-15(21)9-7-14/h3-10H,11H2,1-2H3,(H,24,26). The van der Waals surface area contributed by atoms with Gasteiger partial charge in [-0.25, -0.2) is 9.97 Å². The molecule has 3 aromatic rings. The number of carbonyl (C=O) groups is 1. The van der Waals surface area contributed by atoms with Gasteiger partial charge in [-0.05, 0) is 42.7 Å². The van der Waals surface area contributed by atoms with E-state index in [1.807, 2.05) is 56.3 Å². The number of aromatic nitrogens is 2. The second-order valence-electron chi connectivity index (χ2n) is 5.99. The molecule has 0 radical (unpaired) electrons. The topological polar surface area (TPSA) is 54.9 Å². The summed E-state index contributed by atoms with van der Waals surface area (Å²) in [6, 6.07) is 13.4. The molecule has 3 rings (SSSR count).